The third kappa shape index (κ3) is 5.11. The fourth-order valence-corrected chi connectivity index (χ4v) is 3.12. The molecule has 0 fully saturated rings. The van der Waals surface area contributed by atoms with E-state index in [0.29, 0.717) is 22.5 Å². The molecule has 26 heavy (non-hydrogen) atoms. The van der Waals surface area contributed by atoms with Crippen molar-refractivity contribution < 1.29 is 4.74 Å². The molecule has 3 aromatic rings. The molecule has 5 nitrogen and oxygen atoms in total. The zero-order valence-corrected chi connectivity index (χ0v) is 15.4. The molecular weight excluding hydrogens is 364 g/mol. The lowest BCUT2D eigenvalue weighted by Crippen LogP contribution is -2.04. The van der Waals surface area contributed by atoms with Crippen molar-refractivity contribution in [3.63, 3.8) is 0 Å². The summed E-state index contributed by atoms with van der Waals surface area (Å²) in [4.78, 5) is 14.8. The second-order valence-electron chi connectivity index (χ2n) is 4.93. The summed E-state index contributed by atoms with van der Waals surface area (Å²) >= 11 is 2.80. The van der Waals surface area contributed by atoms with Crippen LogP contribution in [0, 0.1) is 0 Å². The van der Waals surface area contributed by atoms with Gasteiger partial charge in [-0.2, -0.15) is 0 Å². The number of hydrogen-bond acceptors (Lipinski definition) is 6. The Labute approximate surface area is 160 Å². The van der Waals surface area contributed by atoms with E-state index in [2.05, 4.69) is 21.5 Å². The Kier molecular flexibility index (Phi) is 6.29. The van der Waals surface area contributed by atoms with Crippen LogP contribution in [0.1, 0.15) is 0 Å². The molecule has 130 valence electrons. The third-order valence-electron chi connectivity index (χ3n) is 3.08. The maximum Gasteiger partial charge on any atom is 0.198 e. The highest BCUT2D eigenvalue weighted by molar-refractivity contribution is 8.16. The number of pyridine rings is 2. The van der Waals surface area contributed by atoms with Crippen LogP contribution in [-0.2, 0) is 0 Å². The first-order valence-electron chi connectivity index (χ1n) is 7.67. The summed E-state index contributed by atoms with van der Waals surface area (Å²) in [5.41, 5.74) is 5.87. The van der Waals surface area contributed by atoms with E-state index >= 15 is 0 Å². The molecule has 2 N–H and O–H groups in total. The molecule has 0 unspecified atom stereocenters. The van der Waals surface area contributed by atoms with Gasteiger partial charge in [-0.05, 0) is 29.7 Å². The molecule has 0 atom stereocenters. The van der Waals surface area contributed by atoms with E-state index in [1.165, 1.54) is 11.8 Å². The van der Waals surface area contributed by atoms with Crippen molar-refractivity contribution in [2.24, 2.45) is 10.7 Å². The zero-order chi connectivity index (χ0) is 18.2. The number of benzene rings is 1. The Morgan fingerprint density at radius 2 is 1.88 bits per heavy atom. The van der Waals surface area contributed by atoms with Crippen LogP contribution in [-0.4, -0.2) is 15.1 Å². The standard InChI is InChI=1S/C19H16N4OS2/c1-2-25-19(20)23-18-17(24-14-6-4-3-5-7-14)12-16(13-22-18)26-15-8-10-21-11-9-15/h2-13H,1H2,(H2,20,22,23). The summed E-state index contributed by atoms with van der Waals surface area (Å²) < 4.78 is 5.98. The van der Waals surface area contributed by atoms with Gasteiger partial charge in [0.1, 0.15) is 5.75 Å². The highest BCUT2D eigenvalue weighted by Gasteiger charge is 2.10. The van der Waals surface area contributed by atoms with Gasteiger partial charge >= 0.3 is 0 Å². The van der Waals surface area contributed by atoms with Crippen molar-refractivity contribution in [1.29, 1.82) is 0 Å². The number of amidine groups is 1. The minimum Gasteiger partial charge on any atom is -0.453 e. The van der Waals surface area contributed by atoms with E-state index in [9.17, 15) is 0 Å². The molecule has 0 spiro atoms. The molecule has 0 aliphatic carbocycles. The van der Waals surface area contributed by atoms with Crippen LogP contribution in [0.15, 0.2) is 93.9 Å². The van der Waals surface area contributed by atoms with Crippen LogP contribution >= 0.6 is 23.5 Å². The van der Waals surface area contributed by atoms with E-state index < -0.39 is 0 Å². The summed E-state index contributed by atoms with van der Waals surface area (Å²) in [5, 5.41) is 1.96. The fraction of sp³-hybridized carbons (Fsp3) is 0. The molecule has 1 aromatic carbocycles. The molecule has 0 radical (unpaired) electrons. The van der Waals surface area contributed by atoms with Gasteiger partial charge in [0.05, 0.1) is 0 Å². The van der Waals surface area contributed by atoms with E-state index in [1.54, 1.807) is 35.8 Å². The maximum atomic E-state index is 5.98. The summed E-state index contributed by atoms with van der Waals surface area (Å²) in [6.45, 7) is 3.64. The molecule has 0 amide bonds. The number of aromatic nitrogens is 2. The molecule has 0 saturated heterocycles. The van der Waals surface area contributed by atoms with Crippen LogP contribution < -0.4 is 10.5 Å². The molecular formula is C19H16N4OS2. The zero-order valence-electron chi connectivity index (χ0n) is 13.8. The lowest BCUT2D eigenvalue weighted by atomic mass is 10.3. The number of aliphatic imine (C=N–C) groups is 1. The fourth-order valence-electron chi connectivity index (χ4n) is 2.01. The monoisotopic (exact) mass is 380 g/mol. The number of thioether (sulfide) groups is 1. The largest absolute Gasteiger partial charge is 0.453 e. The molecule has 2 heterocycles. The molecule has 0 bridgehead atoms. The van der Waals surface area contributed by atoms with Crippen LogP contribution in [0.4, 0.5) is 5.82 Å². The van der Waals surface area contributed by atoms with Gasteiger partial charge in [0.2, 0.25) is 0 Å². The average Bonchev–Trinajstić information content (AvgIpc) is 2.66. The van der Waals surface area contributed by atoms with Gasteiger partial charge < -0.3 is 10.5 Å². The quantitative estimate of drug-likeness (QED) is 0.465. The van der Waals surface area contributed by atoms with Crippen LogP contribution in [0.2, 0.25) is 0 Å². The van der Waals surface area contributed by atoms with Gasteiger partial charge in [-0.15, -0.1) is 0 Å². The highest BCUT2D eigenvalue weighted by Crippen LogP contribution is 2.36. The van der Waals surface area contributed by atoms with Gasteiger partial charge in [-0.1, -0.05) is 48.3 Å². The number of para-hydroxylation sites is 1. The van der Waals surface area contributed by atoms with Crippen LogP contribution in [0.5, 0.6) is 11.5 Å². The van der Waals surface area contributed by atoms with Crippen LogP contribution in [0.3, 0.4) is 0 Å². The number of ether oxygens (including phenoxy) is 1. The second kappa shape index (κ2) is 9.07. The van der Waals surface area contributed by atoms with Crippen molar-refractivity contribution in [1.82, 2.24) is 9.97 Å². The van der Waals surface area contributed by atoms with Crippen LogP contribution in [0.25, 0.3) is 0 Å². The Hall–Kier alpha value is -2.77. The summed E-state index contributed by atoms with van der Waals surface area (Å²) in [6, 6.07) is 15.3. The Morgan fingerprint density at radius 1 is 1.12 bits per heavy atom. The Morgan fingerprint density at radius 3 is 2.62 bits per heavy atom. The first-order chi connectivity index (χ1) is 12.7. The van der Waals surface area contributed by atoms with Gasteiger partial charge in [0.25, 0.3) is 0 Å². The van der Waals surface area contributed by atoms with Gasteiger partial charge in [-0.25, -0.2) is 9.98 Å². The predicted molar refractivity (Wildman–Crippen MR) is 108 cm³/mol. The van der Waals surface area contributed by atoms with Crippen molar-refractivity contribution in [2.75, 3.05) is 0 Å². The van der Waals surface area contributed by atoms with E-state index in [-0.39, 0.29) is 0 Å². The minimum atomic E-state index is 0.347. The van der Waals surface area contributed by atoms with Crippen molar-refractivity contribution in [3.05, 3.63) is 79.1 Å². The van der Waals surface area contributed by atoms with Crippen molar-refractivity contribution in [3.8, 4) is 11.5 Å². The summed E-state index contributed by atoms with van der Waals surface area (Å²) in [5.74, 6) is 1.65. The topological polar surface area (TPSA) is 73.4 Å². The average molecular weight is 380 g/mol. The SMILES string of the molecule is C=CS/C(N)=N\c1ncc(Sc2ccncc2)cc1Oc1ccccc1. The van der Waals surface area contributed by atoms with Gasteiger partial charge in [0.15, 0.2) is 16.7 Å². The Balaban J connectivity index is 1.93. The first kappa shape index (κ1) is 18.0. The maximum absolute atomic E-state index is 5.98. The lowest BCUT2D eigenvalue weighted by Gasteiger charge is -2.10. The van der Waals surface area contributed by atoms with E-state index in [4.69, 9.17) is 10.5 Å². The van der Waals surface area contributed by atoms with Crippen molar-refractivity contribution >= 4 is 34.5 Å². The van der Waals surface area contributed by atoms with Gasteiger partial charge in [0, 0.05) is 34.4 Å². The number of nitrogens with two attached hydrogens (primary N) is 1. The lowest BCUT2D eigenvalue weighted by molar-refractivity contribution is 0.480. The summed E-state index contributed by atoms with van der Waals surface area (Å²) in [7, 11) is 0. The third-order valence-corrected chi connectivity index (χ3v) is 4.55. The van der Waals surface area contributed by atoms with Gasteiger partial charge in [-0.3, -0.25) is 4.98 Å². The first-order valence-corrected chi connectivity index (χ1v) is 9.37. The molecule has 3 rings (SSSR count). The summed E-state index contributed by atoms with van der Waals surface area (Å²) in [6.07, 6.45) is 5.25. The number of rotatable bonds is 6. The van der Waals surface area contributed by atoms with E-state index in [0.717, 1.165) is 9.79 Å². The molecule has 7 heteroatoms. The smallest absolute Gasteiger partial charge is 0.198 e. The molecule has 0 saturated carbocycles. The predicted octanol–water partition coefficient (Wildman–Crippen LogP) is 5.24. The highest BCUT2D eigenvalue weighted by atomic mass is 32.2. The number of nitrogens with zero attached hydrogens (tertiary/aromatic N) is 3. The molecule has 0 aliphatic rings. The molecule has 2 aromatic heterocycles. The molecule has 0 aliphatic heterocycles. The number of hydrogen-bond donors (Lipinski definition) is 1. The second-order valence-corrected chi connectivity index (χ2v) is 7.06. The Bertz CT molecular complexity index is 902. The van der Waals surface area contributed by atoms with E-state index in [1.807, 2.05) is 48.5 Å². The van der Waals surface area contributed by atoms with Crippen molar-refractivity contribution in [2.45, 2.75) is 9.79 Å². The minimum absolute atomic E-state index is 0.347. The normalized spacial score (nSPS) is 11.2.